The molecule has 2 unspecified atom stereocenters. The van der Waals surface area contributed by atoms with Crippen molar-refractivity contribution in [1.82, 2.24) is 19.9 Å². The first-order chi connectivity index (χ1) is 22.8. The predicted octanol–water partition coefficient (Wildman–Crippen LogP) is 4.28. The van der Waals surface area contributed by atoms with Gasteiger partial charge in [0.05, 0.1) is 37.0 Å². The van der Waals surface area contributed by atoms with Crippen LogP contribution in [0.3, 0.4) is 0 Å². The van der Waals surface area contributed by atoms with Crippen LogP contribution < -0.4 is 0 Å². The normalized spacial score (nSPS) is 17.8. The topological polar surface area (TPSA) is 199 Å². The number of carbonyl (C=O) groups is 2. The quantitative estimate of drug-likeness (QED) is 0.254. The number of benzene rings is 2. The van der Waals surface area contributed by atoms with Gasteiger partial charge in [-0.2, -0.15) is 21.0 Å². The molecule has 0 saturated heterocycles. The lowest BCUT2D eigenvalue weighted by atomic mass is 9.61. The van der Waals surface area contributed by atoms with Gasteiger partial charge in [0.25, 0.3) is 0 Å². The third kappa shape index (κ3) is 4.63. The molecule has 2 aromatic heterocycles. The van der Waals surface area contributed by atoms with E-state index >= 15 is 0 Å². The molecule has 2 aliphatic carbocycles. The van der Waals surface area contributed by atoms with Gasteiger partial charge in [0, 0.05) is 34.8 Å². The lowest BCUT2D eigenvalue weighted by Gasteiger charge is -2.41. The summed E-state index contributed by atoms with van der Waals surface area (Å²) >= 11 is 0. The highest BCUT2D eigenvalue weighted by atomic mass is 16.5. The number of methoxy groups -OCH3 is 2. The predicted molar refractivity (Wildman–Crippen MR) is 162 cm³/mol. The van der Waals surface area contributed by atoms with E-state index in [2.05, 4.69) is 9.97 Å². The molecular weight excluding hydrogens is 596 g/mol. The Balaban J connectivity index is 1.71. The molecule has 0 fully saturated rings. The maximum Gasteiger partial charge on any atom is 0.305 e. The summed E-state index contributed by atoms with van der Waals surface area (Å²) in [5, 5.41) is 39.6. The van der Waals surface area contributed by atoms with E-state index in [4.69, 9.17) is 19.4 Å². The van der Waals surface area contributed by atoms with Crippen molar-refractivity contribution in [2.24, 2.45) is 0 Å². The van der Waals surface area contributed by atoms with Crippen LogP contribution in [-0.4, -0.2) is 46.1 Å². The molecule has 12 heteroatoms. The van der Waals surface area contributed by atoms with E-state index in [1.165, 1.54) is 14.2 Å². The standard InChI is InChI=1S/C35H24N8O4/c1-46-28(44)11-13-34(22-9-5-3-7-20(22)30-32(34)42-26(17-38)24(15-36)40-30)19-35(14-12-29(45)47-2)23-10-6-4-8-21(23)31-33(35)43-27(18-39)25(16-37)41-31/h3-10H,11-14,19H2,1-2H3. The number of aromatic nitrogens is 4. The van der Waals surface area contributed by atoms with E-state index < -0.39 is 22.8 Å². The smallest absolute Gasteiger partial charge is 0.305 e. The van der Waals surface area contributed by atoms with Crippen LogP contribution in [0.5, 0.6) is 0 Å². The molecule has 0 spiro atoms. The number of carbonyl (C=O) groups excluding carboxylic acids is 2. The zero-order chi connectivity index (χ0) is 33.3. The van der Waals surface area contributed by atoms with Crippen LogP contribution >= 0.6 is 0 Å². The molecule has 4 aromatic rings. The molecule has 12 nitrogen and oxygen atoms in total. The van der Waals surface area contributed by atoms with Gasteiger partial charge in [-0.05, 0) is 30.4 Å². The van der Waals surface area contributed by atoms with Gasteiger partial charge in [0.1, 0.15) is 24.3 Å². The summed E-state index contributed by atoms with van der Waals surface area (Å²) in [4.78, 5) is 44.3. The Labute approximate surface area is 269 Å². The summed E-state index contributed by atoms with van der Waals surface area (Å²) in [5.74, 6) is -0.947. The molecule has 2 heterocycles. The van der Waals surface area contributed by atoms with Gasteiger partial charge in [-0.25, -0.2) is 19.9 Å². The van der Waals surface area contributed by atoms with Crippen LogP contribution in [0.25, 0.3) is 22.5 Å². The zero-order valence-electron chi connectivity index (χ0n) is 25.4. The van der Waals surface area contributed by atoms with E-state index in [1.807, 2.05) is 72.8 Å². The Kier molecular flexibility index (Phi) is 7.65. The van der Waals surface area contributed by atoms with Crippen molar-refractivity contribution < 1.29 is 19.1 Å². The molecular formula is C35H24N8O4. The van der Waals surface area contributed by atoms with Crippen molar-refractivity contribution in [3.05, 3.63) is 93.8 Å². The van der Waals surface area contributed by atoms with Crippen molar-refractivity contribution in [1.29, 1.82) is 21.0 Å². The SMILES string of the molecule is COC(=O)CCC1(CC2(CCC(=O)OC)c3ccccc3-c3nc(C#N)c(C#N)nc32)c2ccccc2-c2nc(C#N)c(C#N)nc21. The fraction of sp³-hybridized carbons (Fsp3) is 0.257. The second-order valence-electron chi connectivity index (χ2n) is 11.3. The molecule has 0 saturated carbocycles. The number of hydrogen-bond donors (Lipinski definition) is 0. The van der Waals surface area contributed by atoms with Crippen molar-refractivity contribution >= 4 is 11.9 Å². The number of esters is 2. The van der Waals surface area contributed by atoms with Gasteiger partial charge in [0.2, 0.25) is 0 Å². The Morgan fingerprint density at radius 2 is 0.979 bits per heavy atom. The third-order valence-electron chi connectivity index (χ3n) is 9.09. The third-order valence-corrected chi connectivity index (χ3v) is 9.09. The number of hydrogen-bond acceptors (Lipinski definition) is 12. The van der Waals surface area contributed by atoms with Crippen LogP contribution in [0.1, 0.15) is 77.4 Å². The Bertz CT molecular complexity index is 2020. The number of nitriles is 4. The van der Waals surface area contributed by atoms with Crippen molar-refractivity contribution in [3.63, 3.8) is 0 Å². The molecule has 2 aromatic carbocycles. The summed E-state index contributed by atoms with van der Waals surface area (Å²) in [7, 11) is 2.59. The first-order valence-corrected chi connectivity index (χ1v) is 14.6. The lowest BCUT2D eigenvalue weighted by Crippen LogP contribution is -2.40. The zero-order valence-corrected chi connectivity index (χ0v) is 25.4. The van der Waals surface area contributed by atoms with E-state index in [0.29, 0.717) is 33.9 Å². The Morgan fingerprint density at radius 1 is 0.617 bits per heavy atom. The number of nitrogens with zero attached hydrogens (tertiary/aromatic N) is 8. The summed E-state index contributed by atoms with van der Waals surface area (Å²) < 4.78 is 10.1. The molecule has 2 atom stereocenters. The van der Waals surface area contributed by atoms with Gasteiger partial charge < -0.3 is 9.47 Å². The highest BCUT2D eigenvalue weighted by Gasteiger charge is 2.56. The second-order valence-corrected chi connectivity index (χ2v) is 11.3. The first-order valence-electron chi connectivity index (χ1n) is 14.6. The number of ether oxygens (including phenoxy) is 2. The number of fused-ring (bicyclic) bond motifs is 6. The molecule has 0 N–H and O–H groups in total. The summed E-state index contributed by atoms with van der Waals surface area (Å²) in [5.41, 5.74) is 1.59. The maximum atomic E-state index is 12.8. The molecule has 0 aliphatic heterocycles. The minimum absolute atomic E-state index is 0.0437. The van der Waals surface area contributed by atoms with Gasteiger partial charge in [-0.15, -0.1) is 0 Å². The van der Waals surface area contributed by atoms with Crippen LogP contribution in [-0.2, 0) is 29.9 Å². The summed E-state index contributed by atoms with van der Waals surface area (Å²) in [6.07, 6.45) is 0.359. The maximum absolute atomic E-state index is 12.8. The highest BCUT2D eigenvalue weighted by molar-refractivity contribution is 5.82. The van der Waals surface area contributed by atoms with E-state index in [1.54, 1.807) is 0 Å². The monoisotopic (exact) mass is 620 g/mol. The van der Waals surface area contributed by atoms with Crippen molar-refractivity contribution in [3.8, 4) is 46.8 Å². The van der Waals surface area contributed by atoms with Crippen LogP contribution in [0.2, 0.25) is 0 Å². The minimum atomic E-state index is -1.14. The summed E-state index contributed by atoms with van der Waals surface area (Å²) in [6, 6.07) is 22.7. The number of rotatable bonds is 8. The fourth-order valence-corrected chi connectivity index (χ4v) is 7.09. The van der Waals surface area contributed by atoms with Gasteiger partial charge >= 0.3 is 11.9 Å². The molecule has 6 rings (SSSR count). The van der Waals surface area contributed by atoms with E-state index in [0.717, 1.165) is 11.1 Å². The van der Waals surface area contributed by atoms with Gasteiger partial charge in [-0.3, -0.25) is 9.59 Å². The van der Waals surface area contributed by atoms with E-state index in [9.17, 15) is 30.6 Å². The second kappa shape index (κ2) is 11.8. The molecule has 0 amide bonds. The van der Waals surface area contributed by atoms with Crippen molar-refractivity contribution in [2.45, 2.75) is 42.9 Å². The first kappa shape index (κ1) is 30.5. The molecule has 0 bridgehead atoms. The highest BCUT2D eigenvalue weighted by Crippen LogP contribution is 2.61. The van der Waals surface area contributed by atoms with Crippen LogP contribution in [0.15, 0.2) is 48.5 Å². The molecule has 228 valence electrons. The summed E-state index contributed by atoms with van der Waals surface area (Å²) in [6.45, 7) is 0. The Morgan fingerprint density at radius 3 is 1.34 bits per heavy atom. The largest absolute Gasteiger partial charge is 0.469 e. The van der Waals surface area contributed by atoms with Gasteiger partial charge in [0.15, 0.2) is 22.8 Å². The van der Waals surface area contributed by atoms with Crippen LogP contribution in [0.4, 0.5) is 0 Å². The van der Waals surface area contributed by atoms with Crippen molar-refractivity contribution in [2.75, 3.05) is 14.2 Å². The lowest BCUT2D eigenvalue weighted by molar-refractivity contribution is -0.141. The molecule has 47 heavy (non-hydrogen) atoms. The average Bonchev–Trinajstić information content (AvgIpc) is 3.54. The Hall–Kier alpha value is -6.50. The van der Waals surface area contributed by atoms with Gasteiger partial charge in [-0.1, -0.05) is 48.5 Å². The fourth-order valence-electron chi connectivity index (χ4n) is 7.09. The molecule has 2 aliphatic rings. The van der Waals surface area contributed by atoms with E-state index in [-0.39, 0.29) is 54.9 Å². The minimum Gasteiger partial charge on any atom is -0.469 e. The molecule has 0 radical (unpaired) electrons. The van der Waals surface area contributed by atoms with Crippen LogP contribution in [0, 0.1) is 45.3 Å². The average molecular weight is 621 g/mol.